The van der Waals surface area contributed by atoms with Crippen LogP contribution in [0.5, 0.6) is 0 Å². The molecule has 22 rings (SSSR count). The summed E-state index contributed by atoms with van der Waals surface area (Å²) in [5.41, 5.74) is 22.4. The van der Waals surface area contributed by atoms with Crippen LogP contribution >= 0.6 is 0 Å². The summed E-state index contributed by atoms with van der Waals surface area (Å²) in [5.74, 6) is 0. The van der Waals surface area contributed by atoms with E-state index in [9.17, 15) is 0 Å². The first-order chi connectivity index (χ1) is 48.6. The minimum Gasteiger partial charge on any atom is -0.456 e. The zero-order valence-electron chi connectivity index (χ0n) is 52.9. The first kappa shape index (κ1) is 54.3. The van der Waals surface area contributed by atoms with Crippen LogP contribution in [0.4, 0.5) is 0 Å². The number of hydrogen-bond donors (Lipinski definition) is 0. The minimum atomic E-state index is 0.900. The molecule has 0 spiro atoms. The van der Waals surface area contributed by atoms with Crippen molar-refractivity contribution >= 4 is 153 Å². The highest BCUT2D eigenvalue weighted by Crippen LogP contribution is 2.44. The Morgan fingerprint density at radius 1 is 0.173 bits per heavy atom. The van der Waals surface area contributed by atoms with Gasteiger partial charge in [-0.1, -0.05) is 206 Å². The van der Waals surface area contributed by atoms with Gasteiger partial charge in [0.25, 0.3) is 0 Å². The molecule has 0 saturated carbocycles. The molecule has 16 aromatic carbocycles. The number of aromatic nitrogens is 4. The van der Waals surface area contributed by atoms with Crippen molar-refractivity contribution in [1.29, 1.82) is 0 Å². The van der Waals surface area contributed by atoms with E-state index in [-0.39, 0.29) is 0 Å². The smallest absolute Gasteiger partial charge is 0.159 e. The number of para-hydroxylation sites is 7. The summed E-state index contributed by atoms with van der Waals surface area (Å²) >= 11 is 0. The third kappa shape index (κ3) is 8.22. The fourth-order valence-corrected chi connectivity index (χ4v) is 16.1. The van der Waals surface area contributed by atoms with Crippen LogP contribution in [-0.4, -0.2) is 18.3 Å². The van der Waals surface area contributed by atoms with Crippen LogP contribution in [0, 0.1) is 0 Å². The van der Waals surface area contributed by atoms with Gasteiger partial charge in [-0.05, 0) is 171 Å². The number of benzene rings is 16. The van der Waals surface area contributed by atoms with Crippen LogP contribution in [-0.2, 0) is 0 Å². The first-order valence-electron chi connectivity index (χ1n) is 33.5. The molecule has 6 nitrogen and oxygen atoms in total. The second-order valence-electron chi connectivity index (χ2n) is 25.9. The average molecular weight is 1250 g/mol. The summed E-state index contributed by atoms with van der Waals surface area (Å²) in [6.45, 7) is 0. The molecule has 98 heavy (non-hydrogen) atoms. The number of furan rings is 2. The second kappa shape index (κ2) is 21.2. The largest absolute Gasteiger partial charge is 0.456 e. The van der Waals surface area contributed by atoms with Crippen molar-refractivity contribution in [1.82, 2.24) is 18.3 Å². The molecular weight excluding hydrogens is 1190 g/mol. The minimum absolute atomic E-state index is 0.900. The molecule has 0 N–H and O–H groups in total. The summed E-state index contributed by atoms with van der Waals surface area (Å²) in [4.78, 5) is 0. The van der Waals surface area contributed by atoms with Crippen molar-refractivity contribution in [3.8, 4) is 45.0 Å². The summed E-state index contributed by atoms with van der Waals surface area (Å²) in [7, 11) is 0. The molecule has 0 aliphatic heterocycles. The second-order valence-corrected chi connectivity index (χ2v) is 25.9. The van der Waals surface area contributed by atoms with Crippen LogP contribution in [0.3, 0.4) is 0 Å². The third-order valence-corrected chi connectivity index (χ3v) is 20.6. The summed E-state index contributed by atoms with van der Waals surface area (Å²) in [6.07, 6.45) is 0. The highest BCUT2D eigenvalue weighted by molar-refractivity contribution is 6.17. The van der Waals surface area contributed by atoms with Gasteiger partial charge in [0.1, 0.15) is 16.7 Å². The van der Waals surface area contributed by atoms with E-state index in [1.165, 1.54) is 131 Å². The molecule has 0 unspecified atom stereocenters. The lowest BCUT2D eigenvalue weighted by atomic mass is 10.0. The van der Waals surface area contributed by atoms with E-state index in [0.717, 1.165) is 66.3 Å². The van der Waals surface area contributed by atoms with Gasteiger partial charge in [0.2, 0.25) is 0 Å². The molecule has 0 aliphatic rings. The predicted octanol–water partition coefficient (Wildman–Crippen LogP) is 25.2. The van der Waals surface area contributed by atoms with E-state index in [4.69, 9.17) is 8.83 Å². The van der Waals surface area contributed by atoms with Gasteiger partial charge in [-0.25, -0.2) is 0 Å². The summed E-state index contributed by atoms with van der Waals surface area (Å²) < 4.78 is 22.3. The highest BCUT2D eigenvalue weighted by atomic mass is 16.3. The Labute approximate surface area is 561 Å². The zero-order valence-corrected chi connectivity index (χ0v) is 52.9. The number of hydrogen-bond acceptors (Lipinski definition) is 2. The lowest BCUT2D eigenvalue weighted by molar-refractivity contribution is 0.666. The Morgan fingerprint density at radius 3 is 0.969 bits per heavy atom. The Hall–Kier alpha value is -13.2. The van der Waals surface area contributed by atoms with Crippen molar-refractivity contribution in [2.24, 2.45) is 0 Å². The van der Waals surface area contributed by atoms with E-state index >= 15 is 0 Å². The molecule has 0 atom stereocenters. The van der Waals surface area contributed by atoms with Crippen LogP contribution < -0.4 is 0 Å². The molecule has 6 aromatic heterocycles. The number of rotatable bonds is 6. The molecule has 0 fully saturated rings. The van der Waals surface area contributed by atoms with Gasteiger partial charge in [0, 0.05) is 87.8 Å². The van der Waals surface area contributed by atoms with Gasteiger partial charge >= 0.3 is 0 Å². The molecule has 22 aromatic rings. The van der Waals surface area contributed by atoms with E-state index in [2.05, 4.69) is 334 Å². The van der Waals surface area contributed by atoms with Crippen molar-refractivity contribution in [3.05, 3.63) is 340 Å². The number of nitrogens with zero attached hydrogens (tertiary/aromatic N) is 4. The zero-order chi connectivity index (χ0) is 64.1. The Bertz CT molecular complexity index is 7080. The van der Waals surface area contributed by atoms with E-state index < -0.39 is 0 Å². The van der Waals surface area contributed by atoms with Crippen molar-refractivity contribution in [2.45, 2.75) is 0 Å². The van der Waals surface area contributed by atoms with E-state index in [1.54, 1.807) is 0 Å². The average Bonchev–Trinajstić information content (AvgIpc) is 1.56. The van der Waals surface area contributed by atoms with Crippen LogP contribution in [0.15, 0.2) is 349 Å². The van der Waals surface area contributed by atoms with Gasteiger partial charge in [-0.15, -0.1) is 0 Å². The lowest BCUT2D eigenvalue weighted by Crippen LogP contribution is -1.94. The summed E-state index contributed by atoms with van der Waals surface area (Å²) in [5, 5.41) is 19.5. The van der Waals surface area contributed by atoms with Crippen molar-refractivity contribution < 1.29 is 8.83 Å². The molecule has 6 heterocycles. The fourth-order valence-electron chi connectivity index (χ4n) is 16.1. The third-order valence-electron chi connectivity index (χ3n) is 20.6. The monoisotopic (exact) mass is 1250 g/mol. The van der Waals surface area contributed by atoms with Crippen LogP contribution in [0.2, 0.25) is 0 Å². The van der Waals surface area contributed by atoms with E-state index in [1.807, 2.05) is 24.3 Å². The van der Waals surface area contributed by atoms with Crippen molar-refractivity contribution in [3.63, 3.8) is 0 Å². The molecular formula is C92H56N4O2. The quantitative estimate of drug-likeness (QED) is 0.167. The van der Waals surface area contributed by atoms with E-state index in [0.29, 0.717) is 0 Å². The van der Waals surface area contributed by atoms with Gasteiger partial charge in [-0.3, -0.25) is 0 Å². The van der Waals surface area contributed by atoms with Gasteiger partial charge < -0.3 is 27.1 Å². The lowest BCUT2D eigenvalue weighted by Gasteiger charge is -2.10. The highest BCUT2D eigenvalue weighted by Gasteiger charge is 2.22. The molecule has 6 heteroatoms. The predicted molar refractivity (Wildman–Crippen MR) is 411 cm³/mol. The topological polar surface area (TPSA) is 46.0 Å². The molecule has 0 radical (unpaired) electrons. The molecule has 456 valence electrons. The maximum Gasteiger partial charge on any atom is 0.159 e. The molecule has 0 amide bonds. The standard InChI is InChI=1S/2C46H28N2O/c1-2-11-30-26-33(23-20-29(30)10-1)47-40-16-6-3-12-34(40)38-27-31(21-24-42(38)47)32-22-25-43-39(28-32)35-13-4-7-17-41(35)48(43)44-18-9-15-37-36-14-5-8-19-45(36)49-46(37)44;1-2-10-30-25-33(20-17-29(30)9-1)47-41-14-6-3-11-35(41)39-26-31(18-23-43(39)47)32-19-24-44-40(27-32)36-12-4-7-15-42(36)48(44)34-21-22-38-37-13-5-8-16-45(37)49-46(38)28-34/h2*1-28H. The van der Waals surface area contributed by atoms with Crippen molar-refractivity contribution in [2.75, 3.05) is 0 Å². The Morgan fingerprint density at radius 2 is 0.500 bits per heavy atom. The van der Waals surface area contributed by atoms with Crippen LogP contribution in [0.1, 0.15) is 0 Å². The van der Waals surface area contributed by atoms with Crippen LogP contribution in [0.25, 0.3) is 198 Å². The molecule has 0 bridgehead atoms. The Kier molecular flexibility index (Phi) is 11.7. The molecule has 0 saturated heterocycles. The first-order valence-corrected chi connectivity index (χ1v) is 33.5. The van der Waals surface area contributed by atoms with Gasteiger partial charge in [0.05, 0.1) is 49.8 Å². The van der Waals surface area contributed by atoms with Gasteiger partial charge in [0.15, 0.2) is 5.58 Å². The Balaban J connectivity index is 0.000000129. The SMILES string of the molecule is c1ccc2cc(-n3c4ccccc4c4cc(-c5ccc6c(c5)c5ccccc5n6-c5ccc6c(c5)oc5ccccc56)ccc43)ccc2c1.c1ccc2cc(-n3c4ccccc4c4cc(-c5ccc6c(c5)c5ccccc5n6-c5cccc6c5oc5ccccc56)ccc43)ccc2c1. The maximum absolute atomic E-state index is 6.51. The maximum atomic E-state index is 6.51. The van der Waals surface area contributed by atoms with Gasteiger partial charge in [-0.2, -0.15) is 0 Å². The molecule has 0 aliphatic carbocycles. The summed E-state index contributed by atoms with van der Waals surface area (Å²) in [6, 6.07) is 123. The number of fused-ring (bicyclic) bond motifs is 20. The fraction of sp³-hybridized carbons (Fsp3) is 0. The normalized spacial score (nSPS) is 12.1.